The van der Waals surface area contributed by atoms with E-state index in [2.05, 4.69) is 6.58 Å². The predicted molar refractivity (Wildman–Crippen MR) is 64.7 cm³/mol. The Morgan fingerprint density at radius 2 is 2.19 bits per heavy atom. The highest BCUT2D eigenvalue weighted by Gasteiger charge is 2.09. The normalized spacial score (nSPS) is 11.9. The van der Waals surface area contributed by atoms with Crippen molar-refractivity contribution in [3.63, 3.8) is 0 Å². The van der Waals surface area contributed by atoms with Gasteiger partial charge in [-0.15, -0.1) is 0 Å². The van der Waals surface area contributed by atoms with Crippen LogP contribution in [0.4, 0.5) is 0 Å². The summed E-state index contributed by atoms with van der Waals surface area (Å²) in [6, 6.07) is 5.37. The number of hydrogen-bond donors (Lipinski definition) is 2. The minimum absolute atomic E-state index is 0.183. The van der Waals surface area contributed by atoms with E-state index in [0.717, 1.165) is 5.56 Å². The first-order chi connectivity index (χ1) is 7.72. The van der Waals surface area contributed by atoms with E-state index in [4.69, 9.17) is 20.9 Å². The average Bonchev–Trinajstić information content (AvgIpc) is 2.34. The fourth-order valence-electron chi connectivity index (χ4n) is 1.32. The molecule has 0 fully saturated rings. The Morgan fingerprint density at radius 3 is 2.75 bits per heavy atom. The minimum atomic E-state index is -0.183. The van der Waals surface area contributed by atoms with Crippen molar-refractivity contribution in [2.45, 2.75) is 6.04 Å². The molecule has 1 atom stereocenters. The summed E-state index contributed by atoms with van der Waals surface area (Å²) in [4.78, 5) is 0. The summed E-state index contributed by atoms with van der Waals surface area (Å²) in [6.45, 7) is 4.42. The fraction of sp³-hybridized carbons (Fsp3) is 0.333. The van der Waals surface area contributed by atoms with Crippen LogP contribution in [0.15, 0.2) is 30.9 Å². The van der Waals surface area contributed by atoms with E-state index in [0.29, 0.717) is 24.7 Å². The van der Waals surface area contributed by atoms with Gasteiger partial charge in [0.15, 0.2) is 11.5 Å². The van der Waals surface area contributed by atoms with Crippen LogP contribution in [0.5, 0.6) is 11.5 Å². The van der Waals surface area contributed by atoms with Gasteiger partial charge in [-0.25, -0.2) is 0 Å². The van der Waals surface area contributed by atoms with Gasteiger partial charge < -0.3 is 20.9 Å². The highest BCUT2D eigenvalue weighted by molar-refractivity contribution is 5.44. The third-order valence-corrected chi connectivity index (χ3v) is 2.23. The van der Waals surface area contributed by atoms with Crippen LogP contribution in [0.25, 0.3) is 0 Å². The van der Waals surface area contributed by atoms with E-state index in [1.54, 1.807) is 13.2 Å². The maximum atomic E-state index is 5.84. The van der Waals surface area contributed by atoms with Crippen LogP contribution < -0.4 is 20.9 Å². The SMILES string of the molecule is C=CCOc1cc([C@@H](N)CN)ccc1OC. The van der Waals surface area contributed by atoms with Gasteiger partial charge in [0.2, 0.25) is 0 Å². The first kappa shape index (κ1) is 12.5. The summed E-state index contributed by atoms with van der Waals surface area (Å²) < 4.78 is 10.7. The Labute approximate surface area is 95.8 Å². The Hall–Kier alpha value is -1.52. The summed E-state index contributed by atoms with van der Waals surface area (Å²) >= 11 is 0. The second-order valence-corrected chi connectivity index (χ2v) is 3.35. The summed E-state index contributed by atoms with van der Waals surface area (Å²) in [5, 5.41) is 0. The molecule has 16 heavy (non-hydrogen) atoms. The average molecular weight is 222 g/mol. The van der Waals surface area contributed by atoms with E-state index in [-0.39, 0.29) is 6.04 Å². The molecule has 0 aliphatic carbocycles. The molecular weight excluding hydrogens is 204 g/mol. The summed E-state index contributed by atoms with van der Waals surface area (Å²) in [5.41, 5.74) is 12.3. The van der Waals surface area contributed by atoms with Gasteiger partial charge in [0, 0.05) is 12.6 Å². The van der Waals surface area contributed by atoms with Crippen molar-refractivity contribution in [1.82, 2.24) is 0 Å². The highest BCUT2D eigenvalue weighted by Crippen LogP contribution is 2.29. The first-order valence-electron chi connectivity index (χ1n) is 5.10. The van der Waals surface area contributed by atoms with Crippen LogP contribution in [0.2, 0.25) is 0 Å². The number of rotatable bonds is 6. The molecule has 4 N–H and O–H groups in total. The molecule has 0 spiro atoms. The van der Waals surface area contributed by atoms with E-state index in [1.165, 1.54) is 0 Å². The van der Waals surface area contributed by atoms with Crippen LogP contribution in [0.3, 0.4) is 0 Å². The van der Waals surface area contributed by atoms with Crippen molar-refractivity contribution in [2.75, 3.05) is 20.3 Å². The molecule has 88 valence electrons. The Morgan fingerprint density at radius 1 is 1.44 bits per heavy atom. The van der Waals surface area contributed by atoms with Crippen molar-refractivity contribution >= 4 is 0 Å². The zero-order chi connectivity index (χ0) is 12.0. The number of ether oxygens (including phenoxy) is 2. The van der Waals surface area contributed by atoms with E-state index < -0.39 is 0 Å². The molecule has 0 bridgehead atoms. The topological polar surface area (TPSA) is 70.5 Å². The maximum absolute atomic E-state index is 5.84. The number of hydrogen-bond acceptors (Lipinski definition) is 4. The summed E-state index contributed by atoms with van der Waals surface area (Å²) in [7, 11) is 1.60. The van der Waals surface area contributed by atoms with E-state index >= 15 is 0 Å². The standard InChI is InChI=1S/C12H18N2O2/c1-3-6-16-12-7-9(10(14)8-13)4-5-11(12)15-2/h3-5,7,10H,1,6,8,13-14H2,2H3/t10-/m0/s1. The Bertz CT molecular complexity index is 353. The molecule has 0 radical (unpaired) electrons. The smallest absolute Gasteiger partial charge is 0.161 e. The van der Waals surface area contributed by atoms with Gasteiger partial charge in [-0.1, -0.05) is 18.7 Å². The predicted octanol–water partition coefficient (Wildman–Crippen LogP) is 1.22. The molecule has 0 saturated carbocycles. The molecule has 4 heteroatoms. The van der Waals surface area contributed by atoms with Crippen LogP contribution in [0.1, 0.15) is 11.6 Å². The third kappa shape index (κ3) is 2.98. The molecule has 0 aliphatic rings. The lowest BCUT2D eigenvalue weighted by atomic mass is 10.1. The van der Waals surface area contributed by atoms with E-state index in [9.17, 15) is 0 Å². The zero-order valence-corrected chi connectivity index (χ0v) is 9.48. The third-order valence-electron chi connectivity index (χ3n) is 2.23. The number of benzene rings is 1. The summed E-state index contributed by atoms with van der Waals surface area (Å²) in [6.07, 6.45) is 1.68. The number of methoxy groups -OCH3 is 1. The Kier molecular flexibility index (Phi) is 4.82. The second-order valence-electron chi connectivity index (χ2n) is 3.35. The first-order valence-corrected chi connectivity index (χ1v) is 5.10. The fourth-order valence-corrected chi connectivity index (χ4v) is 1.32. The molecule has 4 nitrogen and oxygen atoms in total. The maximum Gasteiger partial charge on any atom is 0.161 e. The van der Waals surface area contributed by atoms with Crippen molar-refractivity contribution < 1.29 is 9.47 Å². The monoisotopic (exact) mass is 222 g/mol. The van der Waals surface area contributed by atoms with E-state index in [1.807, 2.05) is 18.2 Å². The molecule has 1 rings (SSSR count). The Balaban J connectivity index is 2.95. The van der Waals surface area contributed by atoms with Crippen molar-refractivity contribution in [3.8, 4) is 11.5 Å². The molecule has 1 aromatic rings. The van der Waals surface area contributed by atoms with Crippen molar-refractivity contribution in [1.29, 1.82) is 0 Å². The quantitative estimate of drug-likeness (QED) is 0.710. The second kappa shape index (κ2) is 6.15. The molecule has 0 saturated heterocycles. The van der Waals surface area contributed by atoms with Crippen LogP contribution in [-0.4, -0.2) is 20.3 Å². The molecular formula is C12H18N2O2. The molecule has 0 heterocycles. The highest BCUT2D eigenvalue weighted by atomic mass is 16.5. The summed E-state index contributed by atoms with van der Waals surface area (Å²) in [5.74, 6) is 1.33. The van der Waals surface area contributed by atoms with Crippen molar-refractivity contribution in [2.24, 2.45) is 11.5 Å². The van der Waals surface area contributed by atoms with Crippen molar-refractivity contribution in [3.05, 3.63) is 36.4 Å². The zero-order valence-electron chi connectivity index (χ0n) is 9.48. The lowest BCUT2D eigenvalue weighted by Gasteiger charge is -2.14. The van der Waals surface area contributed by atoms with Crippen LogP contribution in [-0.2, 0) is 0 Å². The molecule has 0 aromatic heterocycles. The van der Waals surface area contributed by atoms with Gasteiger partial charge in [0.1, 0.15) is 6.61 Å². The van der Waals surface area contributed by atoms with Crippen LogP contribution in [0, 0.1) is 0 Å². The van der Waals surface area contributed by atoms with Gasteiger partial charge in [-0.2, -0.15) is 0 Å². The van der Waals surface area contributed by atoms with Crippen LogP contribution >= 0.6 is 0 Å². The number of nitrogens with two attached hydrogens (primary N) is 2. The molecule has 1 aromatic carbocycles. The molecule has 0 amide bonds. The lowest BCUT2D eigenvalue weighted by molar-refractivity contribution is 0.326. The molecule has 0 aliphatic heterocycles. The largest absolute Gasteiger partial charge is 0.493 e. The van der Waals surface area contributed by atoms with Gasteiger partial charge >= 0.3 is 0 Å². The van der Waals surface area contributed by atoms with Gasteiger partial charge in [-0.3, -0.25) is 0 Å². The van der Waals surface area contributed by atoms with Gasteiger partial charge in [0.25, 0.3) is 0 Å². The minimum Gasteiger partial charge on any atom is -0.493 e. The molecule has 0 unspecified atom stereocenters. The lowest BCUT2D eigenvalue weighted by Crippen LogP contribution is -2.20. The van der Waals surface area contributed by atoms with Gasteiger partial charge in [0.05, 0.1) is 7.11 Å². The van der Waals surface area contributed by atoms with Gasteiger partial charge in [-0.05, 0) is 17.7 Å².